The molecule has 0 spiro atoms. The highest BCUT2D eigenvalue weighted by molar-refractivity contribution is 5.77. The summed E-state index contributed by atoms with van der Waals surface area (Å²) < 4.78 is 10.1. The Morgan fingerprint density at radius 3 is 2.88 bits per heavy atom. The number of hydrogen-bond donors (Lipinski definition) is 2. The fourth-order valence-electron chi connectivity index (χ4n) is 1.65. The lowest BCUT2D eigenvalue weighted by atomic mass is 9.86. The molecule has 1 aliphatic rings. The first kappa shape index (κ1) is 11.7. The van der Waals surface area contributed by atoms with E-state index in [2.05, 4.69) is 5.32 Å². The molecule has 92 valence electrons. The number of anilines is 1. The van der Waals surface area contributed by atoms with Crippen LogP contribution in [0.2, 0.25) is 0 Å². The number of aliphatic carboxylic acids is 1. The van der Waals surface area contributed by atoms with Crippen molar-refractivity contribution in [3.05, 3.63) is 24.3 Å². The second-order valence-electron chi connectivity index (χ2n) is 4.16. The first-order chi connectivity index (χ1) is 8.16. The van der Waals surface area contributed by atoms with Crippen molar-refractivity contribution in [1.82, 2.24) is 0 Å². The van der Waals surface area contributed by atoms with Gasteiger partial charge in [0.2, 0.25) is 0 Å². The van der Waals surface area contributed by atoms with Crippen LogP contribution in [0.15, 0.2) is 24.3 Å². The van der Waals surface area contributed by atoms with Crippen molar-refractivity contribution in [2.75, 3.05) is 32.2 Å². The number of hydrogen-bond acceptors (Lipinski definition) is 4. The molecule has 0 bridgehead atoms. The Labute approximate surface area is 99.3 Å². The molecule has 0 saturated carbocycles. The molecule has 1 aliphatic heterocycles. The molecule has 5 nitrogen and oxygen atoms in total. The third-order valence-electron chi connectivity index (χ3n) is 2.91. The lowest BCUT2D eigenvalue weighted by Gasteiger charge is -2.37. The molecular weight excluding hydrogens is 222 g/mol. The number of carboxylic acid groups (broad SMARTS) is 1. The summed E-state index contributed by atoms with van der Waals surface area (Å²) in [7, 11) is 1.59. The van der Waals surface area contributed by atoms with E-state index in [4.69, 9.17) is 14.6 Å². The molecule has 0 atom stereocenters. The number of methoxy groups -OCH3 is 1. The SMILES string of the molecule is COc1cccc(NCC2(C(=O)O)COC2)c1. The standard InChI is InChI=1S/C12H15NO4/c1-16-10-4-2-3-9(5-10)13-6-12(11(14)15)7-17-8-12/h2-5,13H,6-8H2,1H3,(H,14,15). The Kier molecular flexibility index (Phi) is 3.19. The average molecular weight is 237 g/mol. The zero-order chi connectivity index (χ0) is 12.3. The van der Waals surface area contributed by atoms with E-state index in [9.17, 15) is 4.79 Å². The summed E-state index contributed by atoms with van der Waals surface area (Å²) >= 11 is 0. The monoisotopic (exact) mass is 237 g/mol. The Morgan fingerprint density at radius 1 is 1.59 bits per heavy atom. The molecule has 2 rings (SSSR count). The van der Waals surface area contributed by atoms with Gasteiger partial charge in [0, 0.05) is 18.3 Å². The highest BCUT2D eigenvalue weighted by atomic mass is 16.5. The van der Waals surface area contributed by atoms with E-state index in [0.29, 0.717) is 6.54 Å². The summed E-state index contributed by atoms with van der Waals surface area (Å²) in [4.78, 5) is 11.1. The minimum Gasteiger partial charge on any atom is -0.497 e. The molecule has 17 heavy (non-hydrogen) atoms. The van der Waals surface area contributed by atoms with Crippen molar-refractivity contribution in [1.29, 1.82) is 0 Å². The number of ether oxygens (including phenoxy) is 2. The van der Waals surface area contributed by atoms with Crippen LogP contribution in [0.1, 0.15) is 0 Å². The van der Waals surface area contributed by atoms with Gasteiger partial charge in [-0.05, 0) is 12.1 Å². The molecule has 0 radical (unpaired) electrons. The lowest BCUT2D eigenvalue weighted by Crippen LogP contribution is -2.53. The zero-order valence-corrected chi connectivity index (χ0v) is 9.60. The largest absolute Gasteiger partial charge is 0.497 e. The number of carboxylic acids is 1. The minimum atomic E-state index is -0.820. The van der Waals surface area contributed by atoms with Gasteiger partial charge in [-0.2, -0.15) is 0 Å². The second kappa shape index (κ2) is 4.63. The Morgan fingerprint density at radius 2 is 2.35 bits per heavy atom. The van der Waals surface area contributed by atoms with E-state index in [1.807, 2.05) is 24.3 Å². The summed E-state index contributed by atoms with van der Waals surface area (Å²) in [6, 6.07) is 7.39. The fraction of sp³-hybridized carbons (Fsp3) is 0.417. The first-order valence-corrected chi connectivity index (χ1v) is 5.35. The van der Waals surface area contributed by atoms with Crippen LogP contribution in [0.4, 0.5) is 5.69 Å². The van der Waals surface area contributed by atoms with Crippen LogP contribution in [-0.4, -0.2) is 37.9 Å². The normalized spacial score (nSPS) is 17.0. The molecule has 0 amide bonds. The molecule has 0 unspecified atom stereocenters. The van der Waals surface area contributed by atoms with E-state index in [-0.39, 0.29) is 13.2 Å². The van der Waals surface area contributed by atoms with Gasteiger partial charge < -0.3 is 19.9 Å². The predicted molar refractivity (Wildman–Crippen MR) is 62.4 cm³/mol. The van der Waals surface area contributed by atoms with Gasteiger partial charge in [0.1, 0.15) is 11.2 Å². The number of nitrogens with one attached hydrogen (secondary N) is 1. The summed E-state index contributed by atoms with van der Waals surface area (Å²) in [5.74, 6) is -0.0802. The van der Waals surface area contributed by atoms with Crippen LogP contribution < -0.4 is 10.1 Å². The molecule has 0 aliphatic carbocycles. The van der Waals surface area contributed by atoms with Crippen LogP contribution in [0.3, 0.4) is 0 Å². The Bertz CT molecular complexity index is 415. The van der Waals surface area contributed by atoms with E-state index in [0.717, 1.165) is 11.4 Å². The third-order valence-corrected chi connectivity index (χ3v) is 2.91. The number of carbonyl (C=O) groups is 1. The van der Waals surface area contributed by atoms with Crippen LogP contribution in [0, 0.1) is 5.41 Å². The van der Waals surface area contributed by atoms with Gasteiger partial charge in [-0.3, -0.25) is 4.79 Å². The highest BCUT2D eigenvalue weighted by Crippen LogP contribution is 2.28. The van der Waals surface area contributed by atoms with Crippen molar-refractivity contribution in [3.8, 4) is 5.75 Å². The Hall–Kier alpha value is -1.75. The van der Waals surface area contributed by atoms with Crippen LogP contribution in [0.5, 0.6) is 5.75 Å². The van der Waals surface area contributed by atoms with Crippen molar-refractivity contribution in [2.45, 2.75) is 0 Å². The van der Waals surface area contributed by atoms with Crippen molar-refractivity contribution < 1.29 is 19.4 Å². The van der Waals surface area contributed by atoms with Gasteiger partial charge in [-0.15, -0.1) is 0 Å². The average Bonchev–Trinajstić information content (AvgIpc) is 2.27. The maximum absolute atomic E-state index is 11.1. The van der Waals surface area contributed by atoms with Gasteiger partial charge in [-0.25, -0.2) is 0 Å². The smallest absolute Gasteiger partial charge is 0.316 e. The molecule has 1 fully saturated rings. The molecule has 1 heterocycles. The summed E-state index contributed by atoms with van der Waals surface area (Å²) in [6.07, 6.45) is 0. The molecule has 0 aromatic heterocycles. The van der Waals surface area contributed by atoms with Gasteiger partial charge in [0.25, 0.3) is 0 Å². The predicted octanol–water partition coefficient (Wildman–Crippen LogP) is 1.21. The van der Waals surface area contributed by atoms with Crippen LogP contribution >= 0.6 is 0 Å². The number of benzene rings is 1. The molecule has 5 heteroatoms. The minimum absolute atomic E-state index is 0.263. The van der Waals surface area contributed by atoms with Crippen LogP contribution in [-0.2, 0) is 9.53 Å². The second-order valence-corrected chi connectivity index (χ2v) is 4.16. The van der Waals surface area contributed by atoms with E-state index in [1.165, 1.54) is 0 Å². The summed E-state index contributed by atoms with van der Waals surface area (Å²) in [6.45, 7) is 0.883. The maximum Gasteiger partial charge on any atom is 0.316 e. The first-order valence-electron chi connectivity index (χ1n) is 5.35. The summed E-state index contributed by atoms with van der Waals surface area (Å²) in [5, 5.41) is 12.2. The maximum atomic E-state index is 11.1. The van der Waals surface area contributed by atoms with Gasteiger partial charge in [-0.1, -0.05) is 6.07 Å². The quantitative estimate of drug-likeness (QED) is 0.805. The summed E-state index contributed by atoms with van der Waals surface area (Å²) in [5.41, 5.74) is 0.0557. The molecular formula is C12H15NO4. The highest BCUT2D eigenvalue weighted by Gasteiger charge is 2.46. The van der Waals surface area contributed by atoms with Crippen LogP contribution in [0.25, 0.3) is 0 Å². The molecule has 1 aromatic rings. The van der Waals surface area contributed by atoms with E-state index in [1.54, 1.807) is 7.11 Å². The molecule has 2 N–H and O–H groups in total. The van der Waals surface area contributed by atoms with E-state index >= 15 is 0 Å². The van der Waals surface area contributed by atoms with Crippen molar-refractivity contribution in [2.24, 2.45) is 5.41 Å². The molecule has 1 saturated heterocycles. The van der Waals surface area contributed by atoms with Crippen molar-refractivity contribution >= 4 is 11.7 Å². The van der Waals surface area contributed by atoms with Crippen molar-refractivity contribution in [3.63, 3.8) is 0 Å². The third kappa shape index (κ3) is 2.34. The zero-order valence-electron chi connectivity index (χ0n) is 9.60. The van der Waals surface area contributed by atoms with Gasteiger partial charge >= 0.3 is 5.97 Å². The molecule has 1 aromatic carbocycles. The topological polar surface area (TPSA) is 67.8 Å². The fourth-order valence-corrected chi connectivity index (χ4v) is 1.65. The van der Waals surface area contributed by atoms with Gasteiger partial charge in [0.15, 0.2) is 0 Å². The lowest BCUT2D eigenvalue weighted by molar-refractivity contribution is -0.176. The van der Waals surface area contributed by atoms with Gasteiger partial charge in [0.05, 0.1) is 20.3 Å². The Balaban J connectivity index is 1.99. The number of rotatable bonds is 5. The van der Waals surface area contributed by atoms with E-state index < -0.39 is 11.4 Å².